The van der Waals surface area contributed by atoms with Gasteiger partial charge < -0.3 is 0 Å². The molecule has 0 aromatic rings. The van der Waals surface area contributed by atoms with Gasteiger partial charge in [-0.25, -0.2) is 0 Å². The van der Waals surface area contributed by atoms with Gasteiger partial charge in [-0.3, -0.25) is 0 Å². The molecule has 0 aliphatic heterocycles. The van der Waals surface area contributed by atoms with Gasteiger partial charge in [0.25, 0.3) is 0 Å². The predicted molar refractivity (Wildman–Crippen MR) is 54.9 cm³/mol. The van der Waals surface area contributed by atoms with Crippen molar-refractivity contribution in [3.63, 3.8) is 0 Å². The van der Waals surface area contributed by atoms with Crippen LogP contribution >= 0.6 is 9.24 Å². The average Bonchev–Trinajstić information content (AvgIpc) is 2.05. The van der Waals surface area contributed by atoms with E-state index in [2.05, 4.69) is 23.1 Å². The summed E-state index contributed by atoms with van der Waals surface area (Å²) in [5, 5.41) is 0. The molecule has 1 aliphatic carbocycles. The first-order chi connectivity index (χ1) is 5.27. The molecule has 0 spiro atoms. The molecule has 0 saturated heterocycles. The van der Waals surface area contributed by atoms with Crippen LogP contribution in [0.15, 0.2) is 0 Å². The van der Waals surface area contributed by atoms with Crippen molar-refractivity contribution < 1.29 is 0 Å². The fourth-order valence-corrected chi connectivity index (χ4v) is 2.87. The molecule has 0 radical (unpaired) electrons. The van der Waals surface area contributed by atoms with Crippen molar-refractivity contribution >= 4 is 9.24 Å². The smallest absolute Gasteiger partial charge is 0.0350 e. The Kier molecular flexibility index (Phi) is 3.85. The van der Waals surface area contributed by atoms with Crippen LogP contribution in [0.1, 0.15) is 39.5 Å². The summed E-state index contributed by atoms with van der Waals surface area (Å²) >= 11 is 0. The SMILES string of the molecule is CCC1CCC(C)C(CP)C1. The van der Waals surface area contributed by atoms with Gasteiger partial charge in [-0.05, 0) is 30.3 Å². The van der Waals surface area contributed by atoms with Crippen LogP contribution in [0.5, 0.6) is 0 Å². The molecule has 1 fully saturated rings. The third-order valence-electron chi connectivity index (χ3n) is 3.35. The number of hydrogen-bond donors (Lipinski definition) is 0. The van der Waals surface area contributed by atoms with E-state index >= 15 is 0 Å². The second-order valence-electron chi connectivity index (χ2n) is 4.06. The Morgan fingerprint density at radius 2 is 2.09 bits per heavy atom. The first-order valence-electron chi connectivity index (χ1n) is 4.98. The lowest BCUT2D eigenvalue weighted by atomic mass is 9.75. The molecule has 1 heteroatoms. The highest BCUT2D eigenvalue weighted by atomic mass is 31.0. The Bertz CT molecular complexity index is 111. The Labute approximate surface area is 73.3 Å². The minimum absolute atomic E-state index is 0.982. The van der Waals surface area contributed by atoms with Crippen molar-refractivity contribution in [3.05, 3.63) is 0 Å². The Morgan fingerprint density at radius 1 is 1.36 bits per heavy atom. The largest absolute Gasteiger partial charge is 0.137 e. The van der Waals surface area contributed by atoms with Gasteiger partial charge in [0.15, 0.2) is 0 Å². The van der Waals surface area contributed by atoms with Crippen molar-refractivity contribution in [3.8, 4) is 0 Å². The van der Waals surface area contributed by atoms with Crippen molar-refractivity contribution in [1.82, 2.24) is 0 Å². The molecule has 4 unspecified atom stereocenters. The molecule has 0 bridgehead atoms. The fourth-order valence-electron chi connectivity index (χ4n) is 2.21. The summed E-state index contributed by atoms with van der Waals surface area (Å²) in [6, 6.07) is 0. The quantitative estimate of drug-likeness (QED) is 0.560. The van der Waals surface area contributed by atoms with Crippen molar-refractivity contribution in [2.75, 3.05) is 6.16 Å². The van der Waals surface area contributed by atoms with E-state index in [0.29, 0.717) is 0 Å². The van der Waals surface area contributed by atoms with E-state index in [1.54, 1.807) is 0 Å². The predicted octanol–water partition coefficient (Wildman–Crippen LogP) is 3.32. The second kappa shape index (κ2) is 4.45. The van der Waals surface area contributed by atoms with Crippen molar-refractivity contribution in [1.29, 1.82) is 0 Å². The van der Waals surface area contributed by atoms with Crippen LogP contribution in [-0.4, -0.2) is 6.16 Å². The van der Waals surface area contributed by atoms with Crippen LogP contribution in [0.4, 0.5) is 0 Å². The molecule has 1 saturated carbocycles. The van der Waals surface area contributed by atoms with E-state index < -0.39 is 0 Å². The summed E-state index contributed by atoms with van der Waals surface area (Å²) < 4.78 is 0. The zero-order chi connectivity index (χ0) is 8.27. The lowest BCUT2D eigenvalue weighted by molar-refractivity contribution is 0.208. The summed E-state index contributed by atoms with van der Waals surface area (Å²) in [5.41, 5.74) is 0. The summed E-state index contributed by atoms with van der Waals surface area (Å²) in [6.45, 7) is 4.75. The van der Waals surface area contributed by atoms with Crippen molar-refractivity contribution in [2.24, 2.45) is 17.8 Å². The zero-order valence-electron chi connectivity index (χ0n) is 7.84. The maximum atomic E-state index is 2.91. The Morgan fingerprint density at radius 3 is 2.64 bits per heavy atom. The van der Waals surface area contributed by atoms with E-state index in [9.17, 15) is 0 Å². The monoisotopic (exact) mass is 172 g/mol. The van der Waals surface area contributed by atoms with Gasteiger partial charge >= 0.3 is 0 Å². The normalized spacial score (nSPS) is 39.0. The van der Waals surface area contributed by atoms with Gasteiger partial charge in [-0.1, -0.05) is 33.1 Å². The average molecular weight is 172 g/mol. The molecular formula is C10H21P. The highest BCUT2D eigenvalue weighted by Gasteiger charge is 2.24. The zero-order valence-corrected chi connectivity index (χ0v) is 9.00. The molecule has 4 atom stereocenters. The first kappa shape index (κ1) is 9.52. The molecule has 0 aromatic heterocycles. The maximum Gasteiger partial charge on any atom is -0.0350 e. The molecule has 0 aromatic carbocycles. The highest BCUT2D eigenvalue weighted by molar-refractivity contribution is 7.16. The molecule has 1 aliphatic rings. The molecule has 11 heavy (non-hydrogen) atoms. The van der Waals surface area contributed by atoms with E-state index in [-0.39, 0.29) is 0 Å². The van der Waals surface area contributed by atoms with Crippen LogP contribution in [0.3, 0.4) is 0 Å². The number of rotatable bonds is 2. The Hall–Kier alpha value is 0.430. The lowest BCUT2D eigenvalue weighted by Gasteiger charge is -2.33. The van der Waals surface area contributed by atoms with E-state index in [4.69, 9.17) is 0 Å². The summed E-state index contributed by atoms with van der Waals surface area (Å²) in [7, 11) is 2.91. The minimum atomic E-state index is 0.982. The van der Waals surface area contributed by atoms with Gasteiger partial charge in [0, 0.05) is 0 Å². The van der Waals surface area contributed by atoms with Crippen molar-refractivity contribution in [2.45, 2.75) is 39.5 Å². The molecular weight excluding hydrogens is 151 g/mol. The van der Waals surface area contributed by atoms with Crippen LogP contribution in [0, 0.1) is 17.8 Å². The Balaban J connectivity index is 2.37. The third-order valence-corrected chi connectivity index (χ3v) is 3.96. The fraction of sp³-hybridized carbons (Fsp3) is 1.00. The maximum absolute atomic E-state index is 2.91. The van der Waals surface area contributed by atoms with Crippen LogP contribution < -0.4 is 0 Å². The van der Waals surface area contributed by atoms with E-state index in [1.807, 2.05) is 0 Å². The van der Waals surface area contributed by atoms with Gasteiger partial charge in [-0.2, -0.15) is 0 Å². The first-order valence-corrected chi connectivity index (χ1v) is 5.79. The van der Waals surface area contributed by atoms with Gasteiger partial charge in [-0.15, -0.1) is 9.24 Å². The second-order valence-corrected chi connectivity index (χ2v) is 4.53. The minimum Gasteiger partial charge on any atom is -0.137 e. The standard InChI is InChI=1S/C10H21P/c1-3-9-5-4-8(2)10(6-9)7-11/h8-10H,3-7,11H2,1-2H3. The highest BCUT2D eigenvalue weighted by Crippen LogP contribution is 2.35. The van der Waals surface area contributed by atoms with Gasteiger partial charge in [0.2, 0.25) is 0 Å². The molecule has 0 amide bonds. The van der Waals surface area contributed by atoms with E-state index in [1.165, 1.54) is 31.8 Å². The van der Waals surface area contributed by atoms with Crippen LogP contribution in [-0.2, 0) is 0 Å². The molecule has 66 valence electrons. The summed E-state index contributed by atoms with van der Waals surface area (Å²) in [5.74, 6) is 3.02. The number of hydrogen-bond acceptors (Lipinski definition) is 0. The summed E-state index contributed by atoms with van der Waals surface area (Å²) in [4.78, 5) is 0. The molecule has 1 rings (SSSR count). The van der Waals surface area contributed by atoms with E-state index in [0.717, 1.165) is 17.8 Å². The third kappa shape index (κ3) is 2.44. The van der Waals surface area contributed by atoms with Gasteiger partial charge in [0.05, 0.1) is 0 Å². The summed E-state index contributed by atoms with van der Waals surface area (Å²) in [6.07, 6.45) is 7.16. The lowest BCUT2D eigenvalue weighted by Crippen LogP contribution is -2.23. The molecule has 0 heterocycles. The van der Waals surface area contributed by atoms with Crippen LogP contribution in [0.2, 0.25) is 0 Å². The van der Waals surface area contributed by atoms with Crippen LogP contribution in [0.25, 0.3) is 0 Å². The van der Waals surface area contributed by atoms with Gasteiger partial charge in [0.1, 0.15) is 0 Å². The molecule has 0 N–H and O–H groups in total. The topological polar surface area (TPSA) is 0 Å². The molecule has 0 nitrogen and oxygen atoms in total.